The molecule has 1 heterocycles. The molecule has 2 aromatic carbocycles. The van der Waals surface area contributed by atoms with Crippen molar-refractivity contribution in [2.45, 2.75) is 51.1 Å². The van der Waals surface area contributed by atoms with Gasteiger partial charge < -0.3 is 11.1 Å². The summed E-state index contributed by atoms with van der Waals surface area (Å²) in [5.41, 5.74) is 11.7. The van der Waals surface area contributed by atoms with Gasteiger partial charge in [-0.15, -0.1) is 0 Å². The molecule has 0 radical (unpaired) electrons. The van der Waals surface area contributed by atoms with Gasteiger partial charge in [0.15, 0.2) is 0 Å². The van der Waals surface area contributed by atoms with E-state index in [1.54, 1.807) is 12.5 Å². The fourth-order valence-electron chi connectivity index (χ4n) is 4.94. The minimum absolute atomic E-state index is 0.0146. The average molecular weight is 505 g/mol. The lowest BCUT2D eigenvalue weighted by molar-refractivity contribution is -0.117. The highest BCUT2D eigenvalue weighted by Crippen LogP contribution is 2.34. The Balaban J connectivity index is 1.48. The van der Waals surface area contributed by atoms with Crippen molar-refractivity contribution in [2.75, 3.05) is 18.6 Å². The normalized spacial score (nSPS) is 19.6. The van der Waals surface area contributed by atoms with Crippen molar-refractivity contribution in [1.29, 1.82) is 0 Å². The van der Waals surface area contributed by atoms with E-state index in [1.807, 2.05) is 66.8 Å². The number of nitrogens with zero attached hydrogens (tertiary/aromatic N) is 2. The van der Waals surface area contributed by atoms with Gasteiger partial charge in [-0.05, 0) is 55.7 Å². The highest BCUT2D eigenvalue weighted by molar-refractivity contribution is 7.81. The number of nitrogens with two attached hydrogens (primary N) is 1. The van der Waals surface area contributed by atoms with Gasteiger partial charge in [0.1, 0.15) is 0 Å². The first-order valence-electron chi connectivity index (χ1n) is 12.6. The molecule has 1 aliphatic carbocycles. The zero-order chi connectivity index (χ0) is 25.7. The Morgan fingerprint density at radius 2 is 1.75 bits per heavy atom. The second kappa shape index (κ2) is 11.9. The van der Waals surface area contributed by atoms with Gasteiger partial charge in [0.25, 0.3) is 0 Å². The molecule has 1 unspecified atom stereocenters. The smallest absolute Gasteiger partial charge is 0.224 e. The Kier molecular flexibility index (Phi) is 8.67. The van der Waals surface area contributed by atoms with Crippen molar-refractivity contribution >= 4 is 22.6 Å². The maximum atomic E-state index is 12.9. The van der Waals surface area contributed by atoms with E-state index in [9.17, 15) is 9.00 Å². The van der Waals surface area contributed by atoms with Gasteiger partial charge in [0.2, 0.25) is 5.91 Å². The summed E-state index contributed by atoms with van der Waals surface area (Å²) in [6, 6.07) is 20.6. The molecule has 0 spiro atoms. The zero-order valence-corrected chi connectivity index (χ0v) is 22.1. The summed E-state index contributed by atoms with van der Waals surface area (Å²) in [5.74, 6) is 0.366. The Morgan fingerprint density at radius 3 is 2.36 bits per heavy atom. The second-order valence-corrected chi connectivity index (χ2v) is 11.2. The number of nitrogens with one attached hydrogen (secondary N) is 1. The minimum Gasteiger partial charge on any atom is -0.325 e. The molecule has 2 atom stereocenters. The molecule has 1 saturated carbocycles. The summed E-state index contributed by atoms with van der Waals surface area (Å²) in [6.45, 7) is 1.97. The van der Waals surface area contributed by atoms with Crippen LogP contribution in [0, 0.1) is 5.92 Å². The van der Waals surface area contributed by atoms with E-state index in [0.29, 0.717) is 24.1 Å². The van der Waals surface area contributed by atoms with Gasteiger partial charge >= 0.3 is 0 Å². The maximum Gasteiger partial charge on any atom is 0.224 e. The number of amides is 1. The molecule has 0 aliphatic heterocycles. The fourth-order valence-corrected chi connectivity index (χ4v) is 5.57. The number of benzene rings is 2. The average Bonchev–Trinajstić information content (AvgIpc) is 2.89. The van der Waals surface area contributed by atoms with Crippen molar-refractivity contribution in [3.8, 4) is 22.4 Å². The minimum atomic E-state index is -0.952. The molecule has 4 rings (SSSR count). The van der Waals surface area contributed by atoms with Crippen LogP contribution in [0.3, 0.4) is 0 Å². The van der Waals surface area contributed by atoms with Crippen molar-refractivity contribution in [3.63, 3.8) is 0 Å². The maximum absolute atomic E-state index is 12.9. The lowest BCUT2D eigenvalue weighted by atomic mass is 9.84. The van der Waals surface area contributed by atoms with Crippen LogP contribution in [0.15, 0.2) is 66.9 Å². The summed E-state index contributed by atoms with van der Waals surface area (Å²) in [7, 11) is 0.966. The molecule has 3 aromatic rings. The molecule has 3 N–H and O–H groups in total. The second-order valence-electron chi connectivity index (χ2n) is 9.79. The number of hydrogen-bond donors (Lipinski definition) is 2. The van der Waals surface area contributed by atoms with Crippen molar-refractivity contribution < 1.29 is 9.00 Å². The first-order chi connectivity index (χ1) is 17.3. The molecule has 7 heteroatoms. The van der Waals surface area contributed by atoms with Crippen molar-refractivity contribution in [1.82, 2.24) is 9.29 Å². The summed E-state index contributed by atoms with van der Waals surface area (Å²) in [4.78, 5) is 17.7. The number of anilines is 1. The summed E-state index contributed by atoms with van der Waals surface area (Å²) in [6.07, 6.45) is 7.86. The fraction of sp³-hybridized carbons (Fsp3) is 0.379. The van der Waals surface area contributed by atoms with Crippen LogP contribution in [-0.2, 0) is 15.8 Å². The van der Waals surface area contributed by atoms with Gasteiger partial charge in [0.05, 0.1) is 28.6 Å². The number of carbonyl (C=O) groups is 1. The predicted molar refractivity (Wildman–Crippen MR) is 149 cm³/mol. The van der Waals surface area contributed by atoms with Crippen LogP contribution >= 0.6 is 0 Å². The molecule has 1 fully saturated rings. The Labute approximate surface area is 216 Å². The topological polar surface area (TPSA) is 88.3 Å². The summed E-state index contributed by atoms with van der Waals surface area (Å²) < 4.78 is 13.7. The molecule has 0 bridgehead atoms. The number of rotatable bonds is 8. The van der Waals surface area contributed by atoms with E-state index in [-0.39, 0.29) is 11.9 Å². The number of pyridine rings is 1. The molecular formula is C29H36N4O2S. The predicted octanol–water partition coefficient (Wildman–Crippen LogP) is 5.55. The zero-order valence-electron chi connectivity index (χ0n) is 21.3. The van der Waals surface area contributed by atoms with Gasteiger partial charge in [0, 0.05) is 42.9 Å². The van der Waals surface area contributed by atoms with Gasteiger partial charge in [-0.1, -0.05) is 54.6 Å². The van der Waals surface area contributed by atoms with E-state index in [2.05, 4.69) is 17.4 Å². The van der Waals surface area contributed by atoms with E-state index in [4.69, 9.17) is 10.7 Å². The molecule has 1 amide bonds. The third-order valence-corrected chi connectivity index (χ3v) is 8.29. The standard InChI is InChI=1S/C29H36N4O2S/c1-20(30)22-11-13-24(14-12-22)29-27(23-7-5-4-6-8-23)18-25(19-31-29)32-28(34)17-21-9-15-26(16-10-21)33(2)36(3)35/h4-8,11-14,18-21,26H,9-10,15-17,30H2,1-3H3,(H,32,34)/t20-,21?,26?,36?/m0/s1. The van der Waals surface area contributed by atoms with E-state index >= 15 is 0 Å². The summed E-state index contributed by atoms with van der Waals surface area (Å²) >= 11 is 0. The molecule has 1 aliphatic rings. The van der Waals surface area contributed by atoms with Gasteiger partial charge in [-0.3, -0.25) is 9.78 Å². The third kappa shape index (κ3) is 6.46. The third-order valence-electron chi connectivity index (χ3n) is 7.18. The quantitative estimate of drug-likeness (QED) is 0.421. The van der Waals surface area contributed by atoms with Crippen LogP contribution in [-0.4, -0.2) is 38.8 Å². The van der Waals surface area contributed by atoms with Crippen molar-refractivity contribution in [2.24, 2.45) is 11.7 Å². The number of aromatic nitrogens is 1. The van der Waals surface area contributed by atoms with E-state index < -0.39 is 11.0 Å². The van der Waals surface area contributed by atoms with Crippen LogP contribution in [0.25, 0.3) is 22.4 Å². The first-order valence-corrected chi connectivity index (χ1v) is 14.1. The highest BCUT2D eigenvalue weighted by Gasteiger charge is 2.27. The Hall–Kier alpha value is -2.87. The van der Waals surface area contributed by atoms with Crippen LogP contribution in [0.5, 0.6) is 0 Å². The molecule has 36 heavy (non-hydrogen) atoms. The largest absolute Gasteiger partial charge is 0.325 e. The lowest BCUT2D eigenvalue weighted by Gasteiger charge is -2.32. The van der Waals surface area contributed by atoms with Crippen LogP contribution in [0.4, 0.5) is 5.69 Å². The molecular weight excluding hydrogens is 468 g/mol. The number of carbonyl (C=O) groups excluding carboxylic acids is 1. The Morgan fingerprint density at radius 1 is 1.08 bits per heavy atom. The van der Waals surface area contributed by atoms with Crippen molar-refractivity contribution in [3.05, 3.63) is 72.4 Å². The monoisotopic (exact) mass is 504 g/mol. The highest BCUT2D eigenvalue weighted by atomic mass is 32.2. The van der Waals surface area contributed by atoms with Crippen LogP contribution in [0.2, 0.25) is 0 Å². The van der Waals surface area contributed by atoms with Gasteiger partial charge in [-0.2, -0.15) is 0 Å². The first kappa shape index (κ1) is 26.2. The molecule has 190 valence electrons. The molecule has 6 nitrogen and oxygen atoms in total. The molecule has 0 saturated heterocycles. The SMILES string of the molecule is C[C@H](N)c1ccc(-c2ncc(NC(=O)CC3CCC(N(C)S(C)=O)CC3)cc2-c2ccccc2)cc1. The lowest BCUT2D eigenvalue weighted by Crippen LogP contribution is -2.36. The van der Waals surface area contributed by atoms with Crippen LogP contribution in [0.1, 0.15) is 50.6 Å². The Bertz CT molecular complexity index is 1190. The van der Waals surface area contributed by atoms with Gasteiger partial charge in [-0.25, -0.2) is 8.51 Å². The summed E-state index contributed by atoms with van der Waals surface area (Å²) in [5, 5.41) is 3.08. The van der Waals surface area contributed by atoms with Crippen LogP contribution < -0.4 is 11.1 Å². The van der Waals surface area contributed by atoms with E-state index in [1.165, 1.54) is 0 Å². The molecule has 1 aromatic heterocycles. The van der Waals surface area contributed by atoms with E-state index in [0.717, 1.165) is 53.6 Å². The number of hydrogen-bond acceptors (Lipinski definition) is 4.